The Morgan fingerprint density at radius 1 is 1.14 bits per heavy atom. The highest BCUT2D eigenvalue weighted by atomic mass is 16.5. The maximum absolute atomic E-state index is 12.9. The van der Waals surface area contributed by atoms with E-state index in [4.69, 9.17) is 10.5 Å². The van der Waals surface area contributed by atoms with Crippen LogP contribution in [0.4, 0.5) is 11.9 Å². The van der Waals surface area contributed by atoms with E-state index in [1.807, 2.05) is 11.0 Å². The van der Waals surface area contributed by atoms with E-state index in [0.717, 1.165) is 5.56 Å². The average molecular weight is 377 g/mol. The molecule has 28 heavy (non-hydrogen) atoms. The number of carbonyl (C=O) groups excluding carboxylic acids is 1. The first kappa shape index (κ1) is 17.9. The van der Waals surface area contributed by atoms with Crippen LogP contribution in [-0.4, -0.2) is 57.0 Å². The van der Waals surface area contributed by atoms with Gasteiger partial charge in [-0.15, -0.1) is 0 Å². The number of aromatic nitrogens is 5. The molecular formula is C19H19N7O2. The predicted molar refractivity (Wildman–Crippen MR) is 103 cm³/mol. The molecule has 0 aliphatic carbocycles. The number of Topliss-reactive ketones (excluding diaryl/α,β-unsaturated/α-hetero) is 1. The van der Waals surface area contributed by atoms with Crippen LogP contribution in [0.3, 0.4) is 0 Å². The topological polar surface area (TPSA) is 120 Å². The van der Waals surface area contributed by atoms with Gasteiger partial charge in [0.2, 0.25) is 11.9 Å². The lowest BCUT2D eigenvalue weighted by molar-refractivity contribution is 0.0988. The largest absolute Gasteiger partial charge is 0.378 e. The third-order valence-corrected chi connectivity index (χ3v) is 4.35. The third kappa shape index (κ3) is 4.09. The molecule has 0 atom stereocenters. The van der Waals surface area contributed by atoms with Crippen molar-refractivity contribution in [2.24, 2.45) is 0 Å². The molecule has 1 saturated heterocycles. The molecule has 2 N–H and O–H groups in total. The summed E-state index contributed by atoms with van der Waals surface area (Å²) in [6, 6.07) is 5.33. The Balaban J connectivity index is 1.70. The number of rotatable bonds is 5. The Bertz CT molecular complexity index is 958. The van der Waals surface area contributed by atoms with Crippen LogP contribution in [0.25, 0.3) is 11.3 Å². The molecule has 1 aliphatic rings. The Labute approximate surface area is 161 Å². The summed E-state index contributed by atoms with van der Waals surface area (Å²) in [6.45, 7) is 2.52. The van der Waals surface area contributed by atoms with Gasteiger partial charge in [0.05, 0.1) is 18.9 Å². The minimum absolute atomic E-state index is 0.109. The zero-order valence-electron chi connectivity index (χ0n) is 15.2. The van der Waals surface area contributed by atoms with Crippen molar-refractivity contribution < 1.29 is 9.53 Å². The molecule has 0 saturated carbocycles. The Morgan fingerprint density at radius 3 is 2.64 bits per heavy atom. The summed E-state index contributed by atoms with van der Waals surface area (Å²) in [5.74, 6) is 0.564. The van der Waals surface area contributed by atoms with Crippen LogP contribution in [0.5, 0.6) is 0 Å². The number of hydrogen-bond donors (Lipinski definition) is 1. The fraction of sp³-hybridized carbons (Fsp3) is 0.263. The van der Waals surface area contributed by atoms with Gasteiger partial charge in [-0.2, -0.15) is 0 Å². The Morgan fingerprint density at radius 2 is 1.93 bits per heavy atom. The number of nitrogens with zero attached hydrogens (tertiary/aromatic N) is 6. The first-order valence-electron chi connectivity index (χ1n) is 8.91. The summed E-state index contributed by atoms with van der Waals surface area (Å²) >= 11 is 0. The molecule has 3 aromatic heterocycles. The number of carbonyl (C=O) groups is 1. The molecular weight excluding hydrogens is 358 g/mol. The average Bonchev–Trinajstić information content (AvgIpc) is 2.75. The van der Waals surface area contributed by atoms with Crippen molar-refractivity contribution >= 4 is 17.7 Å². The van der Waals surface area contributed by atoms with Gasteiger partial charge >= 0.3 is 0 Å². The summed E-state index contributed by atoms with van der Waals surface area (Å²) in [6.07, 6.45) is 6.74. The van der Waals surface area contributed by atoms with Gasteiger partial charge in [0.1, 0.15) is 5.69 Å². The molecule has 0 unspecified atom stereocenters. The highest BCUT2D eigenvalue weighted by molar-refractivity contribution is 5.96. The van der Waals surface area contributed by atoms with Gasteiger partial charge in [-0.05, 0) is 17.7 Å². The maximum atomic E-state index is 12.9. The van der Waals surface area contributed by atoms with E-state index in [0.29, 0.717) is 49.2 Å². The molecule has 9 heteroatoms. The SMILES string of the molecule is Nc1ncc(-c2cc(C(=O)Cc3cccnc3)nc(N3CCOCC3)n2)cn1. The molecule has 0 bridgehead atoms. The monoisotopic (exact) mass is 377 g/mol. The van der Waals surface area contributed by atoms with Crippen molar-refractivity contribution in [3.63, 3.8) is 0 Å². The first-order chi connectivity index (χ1) is 13.7. The van der Waals surface area contributed by atoms with Crippen molar-refractivity contribution in [1.29, 1.82) is 0 Å². The number of nitrogens with two attached hydrogens (primary N) is 1. The summed E-state index contributed by atoms with van der Waals surface area (Å²) in [4.78, 5) is 36.1. The van der Waals surface area contributed by atoms with Crippen molar-refractivity contribution in [1.82, 2.24) is 24.9 Å². The maximum Gasteiger partial charge on any atom is 0.226 e. The van der Waals surface area contributed by atoms with Crippen LogP contribution in [-0.2, 0) is 11.2 Å². The van der Waals surface area contributed by atoms with E-state index >= 15 is 0 Å². The molecule has 0 spiro atoms. The zero-order chi connectivity index (χ0) is 19.3. The minimum Gasteiger partial charge on any atom is -0.378 e. The molecule has 142 valence electrons. The van der Waals surface area contributed by atoms with Crippen LogP contribution in [0.1, 0.15) is 16.1 Å². The lowest BCUT2D eigenvalue weighted by Gasteiger charge is -2.27. The summed E-state index contributed by atoms with van der Waals surface area (Å²) in [5.41, 5.74) is 7.99. The normalized spacial score (nSPS) is 14.1. The van der Waals surface area contributed by atoms with E-state index in [-0.39, 0.29) is 18.2 Å². The minimum atomic E-state index is -0.109. The summed E-state index contributed by atoms with van der Waals surface area (Å²) in [7, 11) is 0. The number of hydrogen-bond acceptors (Lipinski definition) is 9. The zero-order valence-corrected chi connectivity index (χ0v) is 15.2. The number of ketones is 1. The van der Waals surface area contributed by atoms with Crippen LogP contribution in [0.2, 0.25) is 0 Å². The van der Waals surface area contributed by atoms with Gasteiger partial charge in [0.15, 0.2) is 5.78 Å². The van der Waals surface area contributed by atoms with Crippen molar-refractivity contribution in [2.75, 3.05) is 36.9 Å². The number of ether oxygens (including phenoxy) is 1. The van der Waals surface area contributed by atoms with Crippen molar-refractivity contribution in [3.05, 3.63) is 54.2 Å². The second-order valence-corrected chi connectivity index (χ2v) is 6.33. The quantitative estimate of drug-likeness (QED) is 0.653. The van der Waals surface area contributed by atoms with Gasteiger partial charge in [-0.25, -0.2) is 19.9 Å². The van der Waals surface area contributed by atoms with Crippen LogP contribution < -0.4 is 10.6 Å². The molecule has 0 aromatic carbocycles. The van der Waals surface area contributed by atoms with E-state index in [1.165, 1.54) is 0 Å². The number of pyridine rings is 1. The molecule has 0 radical (unpaired) electrons. The molecule has 3 aromatic rings. The fourth-order valence-corrected chi connectivity index (χ4v) is 2.88. The second kappa shape index (κ2) is 8.05. The van der Waals surface area contributed by atoms with E-state index in [9.17, 15) is 4.79 Å². The number of anilines is 2. The highest BCUT2D eigenvalue weighted by Crippen LogP contribution is 2.21. The van der Waals surface area contributed by atoms with Crippen LogP contribution >= 0.6 is 0 Å². The summed E-state index contributed by atoms with van der Waals surface area (Å²) in [5, 5.41) is 0. The van der Waals surface area contributed by atoms with E-state index in [2.05, 4.69) is 24.9 Å². The third-order valence-electron chi connectivity index (χ3n) is 4.35. The smallest absolute Gasteiger partial charge is 0.226 e. The van der Waals surface area contributed by atoms with Gasteiger partial charge < -0.3 is 15.4 Å². The van der Waals surface area contributed by atoms with Crippen LogP contribution in [0.15, 0.2) is 43.0 Å². The fourth-order valence-electron chi connectivity index (χ4n) is 2.88. The number of morpholine rings is 1. The van der Waals surface area contributed by atoms with Gasteiger partial charge in [0, 0.05) is 49.9 Å². The second-order valence-electron chi connectivity index (χ2n) is 6.33. The molecule has 9 nitrogen and oxygen atoms in total. The van der Waals surface area contributed by atoms with Crippen LogP contribution in [0, 0.1) is 0 Å². The van der Waals surface area contributed by atoms with Gasteiger partial charge in [-0.1, -0.05) is 6.07 Å². The molecule has 0 amide bonds. The van der Waals surface area contributed by atoms with E-state index in [1.54, 1.807) is 36.9 Å². The first-order valence-corrected chi connectivity index (χ1v) is 8.91. The highest BCUT2D eigenvalue weighted by Gasteiger charge is 2.19. The predicted octanol–water partition coefficient (Wildman–Crippen LogP) is 1.17. The standard InChI is InChI=1S/C19H19N7O2/c20-18-22-11-14(12-23-18)15-9-16(17(27)8-13-2-1-3-21-10-13)25-19(24-15)26-4-6-28-7-5-26/h1-3,9-12H,4-8H2,(H2,20,22,23). The van der Waals surface area contributed by atoms with Crippen molar-refractivity contribution in [3.8, 4) is 11.3 Å². The lowest BCUT2D eigenvalue weighted by Crippen LogP contribution is -2.37. The molecule has 4 rings (SSSR count). The van der Waals surface area contributed by atoms with Gasteiger partial charge in [0.25, 0.3) is 0 Å². The molecule has 1 aliphatic heterocycles. The summed E-state index contributed by atoms with van der Waals surface area (Å²) < 4.78 is 5.40. The lowest BCUT2D eigenvalue weighted by atomic mass is 10.1. The Hall–Kier alpha value is -3.46. The van der Waals surface area contributed by atoms with Crippen molar-refractivity contribution in [2.45, 2.75) is 6.42 Å². The number of nitrogen functional groups attached to an aromatic ring is 1. The molecule has 4 heterocycles. The molecule has 1 fully saturated rings. The Kier molecular flexibility index (Phi) is 5.16. The van der Waals surface area contributed by atoms with Gasteiger partial charge in [-0.3, -0.25) is 9.78 Å². The van der Waals surface area contributed by atoms with E-state index < -0.39 is 0 Å².